The Balaban J connectivity index is 1.80. The molecule has 1 aromatic carbocycles. The average molecular weight is 348 g/mol. The first-order valence-electron chi connectivity index (χ1n) is 10.8. The van der Waals surface area contributed by atoms with E-state index in [1.165, 1.54) is 82.6 Å². The Labute approximate surface area is 156 Å². The summed E-state index contributed by atoms with van der Waals surface area (Å²) in [7, 11) is 0. The summed E-state index contributed by atoms with van der Waals surface area (Å²) >= 11 is 0. The zero-order chi connectivity index (χ0) is 18.0. The number of hydrogen-bond donors (Lipinski definition) is 1. The van der Waals surface area contributed by atoms with Gasteiger partial charge >= 0.3 is 0 Å². The maximum absolute atomic E-state index is 5.70. The molecule has 1 aromatic rings. The second kappa shape index (κ2) is 16.6. The van der Waals surface area contributed by atoms with Crippen LogP contribution < -0.4 is 5.48 Å². The molecule has 0 amide bonds. The van der Waals surface area contributed by atoms with E-state index in [2.05, 4.69) is 43.6 Å². The summed E-state index contributed by atoms with van der Waals surface area (Å²) in [6.45, 7) is 5.23. The van der Waals surface area contributed by atoms with Crippen molar-refractivity contribution >= 4 is 0 Å². The molecule has 0 aromatic heterocycles. The van der Waals surface area contributed by atoms with Crippen molar-refractivity contribution in [3.63, 3.8) is 0 Å². The molecule has 0 bridgehead atoms. The van der Waals surface area contributed by atoms with Gasteiger partial charge in [-0.3, -0.25) is 4.84 Å². The standard InChI is InChI=1S/C23H41NO/c1-3-4-5-6-7-8-9-10-11-12-13-15-18-22(2)25-24-21-23-19-16-14-17-20-23/h14,16-17,19-20,22,24H,3-13,15,18,21H2,1-2H3. The summed E-state index contributed by atoms with van der Waals surface area (Å²) in [6, 6.07) is 10.4. The molecule has 0 aliphatic rings. The predicted molar refractivity (Wildman–Crippen MR) is 110 cm³/mol. The molecule has 25 heavy (non-hydrogen) atoms. The van der Waals surface area contributed by atoms with Crippen LogP contribution in [0, 0.1) is 0 Å². The molecule has 1 N–H and O–H groups in total. The van der Waals surface area contributed by atoms with Crippen LogP contribution in [-0.4, -0.2) is 6.10 Å². The van der Waals surface area contributed by atoms with E-state index in [0.717, 1.165) is 13.0 Å². The van der Waals surface area contributed by atoms with Crippen LogP contribution >= 0.6 is 0 Å². The van der Waals surface area contributed by atoms with E-state index in [1.807, 2.05) is 6.07 Å². The minimum atomic E-state index is 0.298. The molecular formula is C23H41NO. The zero-order valence-electron chi connectivity index (χ0n) is 16.8. The van der Waals surface area contributed by atoms with Gasteiger partial charge in [0.05, 0.1) is 6.10 Å². The first-order chi connectivity index (χ1) is 12.3. The number of rotatable bonds is 17. The number of benzene rings is 1. The highest BCUT2D eigenvalue weighted by Crippen LogP contribution is 2.13. The molecule has 1 unspecified atom stereocenters. The molecule has 1 rings (SSSR count). The van der Waals surface area contributed by atoms with E-state index in [9.17, 15) is 0 Å². The SMILES string of the molecule is CCCCCCCCCCCCCCC(C)ONCc1ccccc1. The van der Waals surface area contributed by atoms with Crippen molar-refractivity contribution in [3.05, 3.63) is 35.9 Å². The fourth-order valence-corrected chi connectivity index (χ4v) is 3.19. The van der Waals surface area contributed by atoms with Gasteiger partial charge in [0.25, 0.3) is 0 Å². The minimum Gasteiger partial charge on any atom is -0.298 e. The van der Waals surface area contributed by atoms with Crippen LogP contribution in [0.2, 0.25) is 0 Å². The van der Waals surface area contributed by atoms with E-state index in [4.69, 9.17) is 4.84 Å². The lowest BCUT2D eigenvalue weighted by atomic mass is 10.0. The molecule has 1 atom stereocenters. The summed E-state index contributed by atoms with van der Waals surface area (Å²) < 4.78 is 0. The number of nitrogens with one attached hydrogen (secondary N) is 1. The topological polar surface area (TPSA) is 21.3 Å². The second-order valence-corrected chi connectivity index (χ2v) is 7.41. The Bertz CT molecular complexity index is 379. The largest absolute Gasteiger partial charge is 0.298 e. The van der Waals surface area contributed by atoms with Crippen molar-refractivity contribution in [1.29, 1.82) is 0 Å². The first kappa shape index (κ1) is 22.2. The van der Waals surface area contributed by atoms with Gasteiger partial charge < -0.3 is 0 Å². The summed E-state index contributed by atoms with van der Waals surface area (Å²) in [5.74, 6) is 0. The molecular weight excluding hydrogens is 306 g/mol. The van der Waals surface area contributed by atoms with Crippen molar-refractivity contribution in [2.24, 2.45) is 0 Å². The lowest BCUT2D eigenvalue weighted by Gasteiger charge is -2.13. The van der Waals surface area contributed by atoms with Gasteiger partial charge in [0, 0.05) is 6.54 Å². The summed E-state index contributed by atoms with van der Waals surface area (Å²) in [5, 5.41) is 0. The van der Waals surface area contributed by atoms with Crippen LogP contribution in [0.25, 0.3) is 0 Å². The molecule has 144 valence electrons. The van der Waals surface area contributed by atoms with Crippen LogP contribution in [0.3, 0.4) is 0 Å². The van der Waals surface area contributed by atoms with Gasteiger partial charge in [0.15, 0.2) is 0 Å². The molecule has 0 spiro atoms. The van der Waals surface area contributed by atoms with Gasteiger partial charge in [0.2, 0.25) is 0 Å². The third-order valence-electron chi connectivity index (χ3n) is 4.87. The van der Waals surface area contributed by atoms with E-state index < -0.39 is 0 Å². The third-order valence-corrected chi connectivity index (χ3v) is 4.87. The summed E-state index contributed by atoms with van der Waals surface area (Å²) in [5.41, 5.74) is 4.36. The molecule has 0 radical (unpaired) electrons. The number of hydrogen-bond acceptors (Lipinski definition) is 2. The Morgan fingerprint density at radius 3 is 1.84 bits per heavy atom. The zero-order valence-corrected chi connectivity index (χ0v) is 16.8. The fraction of sp³-hybridized carbons (Fsp3) is 0.739. The van der Waals surface area contributed by atoms with Crippen molar-refractivity contribution in [3.8, 4) is 0 Å². The highest BCUT2D eigenvalue weighted by atomic mass is 16.7. The van der Waals surface area contributed by atoms with E-state index in [1.54, 1.807) is 0 Å². The Morgan fingerprint density at radius 2 is 1.28 bits per heavy atom. The van der Waals surface area contributed by atoms with Crippen molar-refractivity contribution in [1.82, 2.24) is 5.48 Å². The Morgan fingerprint density at radius 1 is 0.760 bits per heavy atom. The van der Waals surface area contributed by atoms with Crippen molar-refractivity contribution in [2.75, 3.05) is 0 Å². The maximum Gasteiger partial charge on any atom is 0.0762 e. The smallest absolute Gasteiger partial charge is 0.0762 e. The van der Waals surface area contributed by atoms with E-state index in [-0.39, 0.29) is 0 Å². The molecule has 0 saturated heterocycles. The quantitative estimate of drug-likeness (QED) is 0.238. The van der Waals surface area contributed by atoms with Gasteiger partial charge in [-0.2, -0.15) is 5.48 Å². The monoisotopic (exact) mass is 347 g/mol. The van der Waals surface area contributed by atoms with Crippen LogP contribution in [-0.2, 0) is 11.4 Å². The van der Waals surface area contributed by atoms with Crippen LogP contribution in [0.15, 0.2) is 30.3 Å². The van der Waals surface area contributed by atoms with Gasteiger partial charge in [-0.25, -0.2) is 0 Å². The lowest BCUT2D eigenvalue weighted by molar-refractivity contribution is -0.0236. The molecule has 2 heteroatoms. The summed E-state index contributed by atoms with van der Waals surface area (Å²) in [4.78, 5) is 5.70. The normalized spacial score (nSPS) is 12.4. The minimum absolute atomic E-state index is 0.298. The fourth-order valence-electron chi connectivity index (χ4n) is 3.19. The molecule has 0 saturated carbocycles. The van der Waals surface area contributed by atoms with E-state index in [0.29, 0.717) is 6.10 Å². The molecule has 0 aliphatic heterocycles. The average Bonchev–Trinajstić information content (AvgIpc) is 2.63. The van der Waals surface area contributed by atoms with Crippen LogP contribution in [0.1, 0.15) is 103 Å². The van der Waals surface area contributed by atoms with Gasteiger partial charge in [-0.15, -0.1) is 0 Å². The van der Waals surface area contributed by atoms with Crippen molar-refractivity contribution in [2.45, 2.75) is 110 Å². The van der Waals surface area contributed by atoms with Crippen LogP contribution in [0.5, 0.6) is 0 Å². The first-order valence-corrected chi connectivity index (χ1v) is 10.8. The van der Waals surface area contributed by atoms with Crippen molar-refractivity contribution < 1.29 is 4.84 Å². The maximum atomic E-state index is 5.70. The highest BCUT2D eigenvalue weighted by molar-refractivity contribution is 5.13. The molecule has 2 nitrogen and oxygen atoms in total. The lowest BCUT2D eigenvalue weighted by Crippen LogP contribution is -2.21. The van der Waals surface area contributed by atoms with Gasteiger partial charge in [0.1, 0.15) is 0 Å². The summed E-state index contributed by atoms with van der Waals surface area (Å²) in [6.07, 6.45) is 18.3. The molecule has 0 heterocycles. The van der Waals surface area contributed by atoms with Crippen LogP contribution in [0.4, 0.5) is 0 Å². The van der Waals surface area contributed by atoms with Gasteiger partial charge in [-0.05, 0) is 18.9 Å². The Hall–Kier alpha value is -0.860. The predicted octanol–water partition coefficient (Wildman–Crippen LogP) is 7.19. The molecule has 0 aliphatic carbocycles. The molecule has 0 fully saturated rings. The number of hydroxylamine groups is 1. The second-order valence-electron chi connectivity index (χ2n) is 7.41. The number of unbranched alkanes of at least 4 members (excludes halogenated alkanes) is 11. The van der Waals surface area contributed by atoms with E-state index >= 15 is 0 Å². The third kappa shape index (κ3) is 14.0. The Kier molecular flexibility index (Phi) is 14.7. The van der Waals surface area contributed by atoms with Gasteiger partial charge in [-0.1, -0.05) is 114 Å². The highest BCUT2D eigenvalue weighted by Gasteiger charge is 2.02.